The number of aromatic nitrogens is 3. The average Bonchev–Trinajstić information content (AvgIpc) is 2.93. The van der Waals surface area contributed by atoms with Gasteiger partial charge in [0.2, 0.25) is 0 Å². The van der Waals surface area contributed by atoms with Crippen LogP contribution >= 0.6 is 0 Å². The van der Waals surface area contributed by atoms with Crippen LogP contribution in [0.2, 0.25) is 0 Å². The van der Waals surface area contributed by atoms with Crippen molar-refractivity contribution < 1.29 is 4.74 Å². The molecule has 5 heteroatoms. The summed E-state index contributed by atoms with van der Waals surface area (Å²) in [5, 5.41) is 11.2. The molecular formula is C13H18N4O. The van der Waals surface area contributed by atoms with Crippen LogP contribution in [0.15, 0.2) is 36.7 Å². The van der Waals surface area contributed by atoms with Crippen molar-refractivity contribution in [2.24, 2.45) is 0 Å². The third-order valence-electron chi connectivity index (χ3n) is 2.79. The van der Waals surface area contributed by atoms with Gasteiger partial charge in [0.25, 0.3) is 0 Å². The Balaban J connectivity index is 2.03. The van der Waals surface area contributed by atoms with Gasteiger partial charge in [-0.2, -0.15) is 0 Å². The predicted octanol–water partition coefficient (Wildman–Crippen LogP) is 2.10. The topological polar surface area (TPSA) is 52.0 Å². The molecule has 1 aromatic heterocycles. The smallest absolute Gasteiger partial charge is 0.0697 e. The maximum atomic E-state index is 5.16. The van der Waals surface area contributed by atoms with E-state index in [2.05, 4.69) is 22.6 Å². The van der Waals surface area contributed by atoms with Crippen LogP contribution in [-0.2, 0) is 4.74 Å². The molecular weight excluding hydrogens is 228 g/mol. The number of anilines is 1. The lowest BCUT2D eigenvalue weighted by atomic mass is 10.2. The second-order valence-electron chi connectivity index (χ2n) is 4.10. The van der Waals surface area contributed by atoms with Crippen molar-refractivity contribution in [3.8, 4) is 5.69 Å². The first-order valence-electron chi connectivity index (χ1n) is 6.05. The van der Waals surface area contributed by atoms with E-state index in [4.69, 9.17) is 4.74 Å². The first-order valence-corrected chi connectivity index (χ1v) is 6.05. The molecule has 0 bridgehead atoms. The summed E-state index contributed by atoms with van der Waals surface area (Å²) in [6.45, 7) is 2.85. The second kappa shape index (κ2) is 6.16. The molecule has 0 amide bonds. The van der Waals surface area contributed by atoms with E-state index in [9.17, 15) is 0 Å². The molecule has 0 aliphatic rings. The van der Waals surface area contributed by atoms with Gasteiger partial charge in [-0.15, -0.1) is 5.10 Å². The second-order valence-corrected chi connectivity index (χ2v) is 4.10. The van der Waals surface area contributed by atoms with Crippen LogP contribution in [0.1, 0.15) is 13.3 Å². The summed E-state index contributed by atoms with van der Waals surface area (Å²) >= 11 is 0. The highest BCUT2D eigenvalue weighted by atomic mass is 16.5. The van der Waals surface area contributed by atoms with Gasteiger partial charge in [0.15, 0.2) is 0 Å². The van der Waals surface area contributed by atoms with Crippen molar-refractivity contribution in [2.75, 3.05) is 19.0 Å². The predicted molar refractivity (Wildman–Crippen MR) is 70.9 cm³/mol. The molecule has 1 heterocycles. The monoisotopic (exact) mass is 246 g/mol. The Labute approximate surface area is 107 Å². The van der Waals surface area contributed by atoms with Crippen molar-refractivity contribution in [1.82, 2.24) is 15.0 Å². The molecule has 1 aromatic carbocycles. The van der Waals surface area contributed by atoms with Crippen molar-refractivity contribution >= 4 is 5.69 Å². The normalized spacial score (nSPS) is 12.3. The van der Waals surface area contributed by atoms with Crippen LogP contribution in [0.3, 0.4) is 0 Å². The van der Waals surface area contributed by atoms with Gasteiger partial charge in [0, 0.05) is 18.8 Å². The lowest BCUT2D eigenvalue weighted by Crippen LogP contribution is -2.23. The van der Waals surface area contributed by atoms with Gasteiger partial charge in [-0.1, -0.05) is 12.1 Å². The summed E-state index contributed by atoms with van der Waals surface area (Å²) in [6, 6.07) is 8.43. The van der Waals surface area contributed by atoms with Gasteiger partial charge in [-0.05, 0) is 30.7 Å². The molecule has 1 N–H and O–H groups in total. The molecule has 0 saturated heterocycles. The molecule has 0 saturated carbocycles. The van der Waals surface area contributed by atoms with E-state index in [-0.39, 0.29) is 0 Å². The first kappa shape index (κ1) is 12.6. The molecule has 2 rings (SSSR count). The van der Waals surface area contributed by atoms with E-state index in [1.54, 1.807) is 18.0 Å². The quantitative estimate of drug-likeness (QED) is 0.848. The van der Waals surface area contributed by atoms with Crippen LogP contribution in [0.5, 0.6) is 0 Å². The Morgan fingerprint density at radius 3 is 2.67 bits per heavy atom. The number of nitrogens with zero attached hydrogens (tertiary/aromatic N) is 3. The van der Waals surface area contributed by atoms with Crippen LogP contribution in [0.4, 0.5) is 5.69 Å². The zero-order valence-electron chi connectivity index (χ0n) is 10.7. The summed E-state index contributed by atoms with van der Waals surface area (Å²) in [5.74, 6) is 0. The van der Waals surface area contributed by atoms with Gasteiger partial charge in [0.05, 0.1) is 24.7 Å². The first-order chi connectivity index (χ1) is 8.83. The largest absolute Gasteiger partial charge is 0.383 e. The molecule has 1 atom stereocenters. The third-order valence-corrected chi connectivity index (χ3v) is 2.79. The number of ether oxygens (including phenoxy) is 1. The number of rotatable bonds is 6. The summed E-state index contributed by atoms with van der Waals surface area (Å²) < 4.78 is 6.90. The van der Waals surface area contributed by atoms with E-state index in [1.807, 2.05) is 30.5 Å². The molecule has 0 aliphatic carbocycles. The highest BCUT2D eigenvalue weighted by Gasteiger charge is 2.05. The van der Waals surface area contributed by atoms with Crippen molar-refractivity contribution in [2.45, 2.75) is 19.4 Å². The Morgan fingerprint density at radius 2 is 2.11 bits per heavy atom. The zero-order valence-corrected chi connectivity index (χ0v) is 10.7. The van der Waals surface area contributed by atoms with Gasteiger partial charge < -0.3 is 10.1 Å². The lowest BCUT2D eigenvalue weighted by Gasteiger charge is -2.17. The molecule has 2 aromatic rings. The number of benzene rings is 1. The van der Waals surface area contributed by atoms with Gasteiger partial charge >= 0.3 is 0 Å². The Morgan fingerprint density at radius 1 is 1.33 bits per heavy atom. The van der Waals surface area contributed by atoms with Crippen LogP contribution in [-0.4, -0.2) is 34.8 Å². The third kappa shape index (κ3) is 3.07. The van der Waals surface area contributed by atoms with Crippen LogP contribution in [0, 0.1) is 0 Å². The van der Waals surface area contributed by atoms with E-state index in [0.29, 0.717) is 12.6 Å². The fourth-order valence-corrected chi connectivity index (χ4v) is 1.75. The minimum Gasteiger partial charge on any atom is -0.383 e. The molecule has 0 aliphatic heterocycles. The minimum atomic E-state index is 0.340. The van der Waals surface area contributed by atoms with E-state index < -0.39 is 0 Å². The Kier molecular flexibility index (Phi) is 4.30. The number of nitrogens with one attached hydrogen (secondary N) is 1. The van der Waals surface area contributed by atoms with Gasteiger partial charge in [0.1, 0.15) is 0 Å². The van der Waals surface area contributed by atoms with Gasteiger partial charge in [-0.25, -0.2) is 4.68 Å². The summed E-state index contributed by atoms with van der Waals surface area (Å²) in [5.41, 5.74) is 2.08. The molecule has 5 nitrogen and oxygen atoms in total. The zero-order chi connectivity index (χ0) is 12.8. The highest BCUT2D eigenvalue weighted by molar-refractivity contribution is 5.49. The van der Waals surface area contributed by atoms with E-state index in [0.717, 1.165) is 17.8 Å². The fourth-order valence-electron chi connectivity index (χ4n) is 1.75. The maximum absolute atomic E-state index is 5.16. The van der Waals surface area contributed by atoms with Crippen molar-refractivity contribution in [3.63, 3.8) is 0 Å². The number of hydrogen-bond donors (Lipinski definition) is 1. The van der Waals surface area contributed by atoms with Crippen LogP contribution < -0.4 is 5.32 Å². The van der Waals surface area contributed by atoms with E-state index >= 15 is 0 Å². The van der Waals surface area contributed by atoms with Crippen molar-refractivity contribution in [3.05, 3.63) is 36.7 Å². The molecule has 0 radical (unpaired) electrons. The molecule has 0 unspecified atom stereocenters. The van der Waals surface area contributed by atoms with Gasteiger partial charge in [-0.3, -0.25) is 0 Å². The van der Waals surface area contributed by atoms with E-state index in [1.165, 1.54) is 0 Å². The molecule has 96 valence electrons. The summed E-state index contributed by atoms with van der Waals surface area (Å²) in [7, 11) is 1.72. The lowest BCUT2D eigenvalue weighted by molar-refractivity contribution is 0.184. The maximum Gasteiger partial charge on any atom is 0.0697 e. The summed E-state index contributed by atoms with van der Waals surface area (Å²) in [4.78, 5) is 0. The number of methoxy groups -OCH3 is 1. The molecule has 18 heavy (non-hydrogen) atoms. The van der Waals surface area contributed by atoms with Crippen molar-refractivity contribution in [1.29, 1.82) is 0 Å². The highest BCUT2D eigenvalue weighted by Crippen LogP contribution is 2.14. The summed E-state index contributed by atoms with van der Waals surface area (Å²) in [6.07, 6.45) is 4.51. The number of hydrogen-bond acceptors (Lipinski definition) is 4. The Bertz CT molecular complexity index is 452. The van der Waals surface area contributed by atoms with Crippen LogP contribution in [0.25, 0.3) is 5.69 Å². The molecule has 0 spiro atoms. The Hall–Kier alpha value is -1.88. The standard InChI is InChI=1S/C13H18N4O/c1-3-11(10-18-2)15-12-4-6-13(7-5-12)17-9-8-14-16-17/h4-9,11,15H,3,10H2,1-2H3/t11-/m1/s1. The fraction of sp³-hybridized carbons (Fsp3) is 0.385. The minimum absolute atomic E-state index is 0.340. The average molecular weight is 246 g/mol. The molecule has 0 fully saturated rings. The SMILES string of the molecule is CC[C@H](COC)Nc1ccc(-n2ccnn2)cc1.